The van der Waals surface area contributed by atoms with Gasteiger partial charge in [-0.25, -0.2) is 0 Å². The fraction of sp³-hybridized carbons (Fsp3) is 0.571. The normalized spacial score (nSPS) is 20.4. The summed E-state index contributed by atoms with van der Waals surface area (Å²) in [6.45, 7) is 0. The first-order chi connectivity index (χ1) is 11.7. The molecule has 0 aliphatic heterocycles. The molecule has 2 fully saturated rings. The summed E-state index contributed by atoms with van der Waals surface area (Å²) in [4.78, 5) is 15.2. The molecule has 2 aliphatic rings. The third-order valence-corrected chi connectivity index (χ3v) is 5.73. The van der Waals surface area contributed by atoms with E-state index in [0.717, 1.165) is 10.6 Å². The molecule has 24 heavy (non-hydrogen) atoms. The van der Waals surface area contributed by atoms with E-state index >= 15 is 0 Å². The maximum absolute atomic E-state index is 13.0. The van der Waals surface area contributed by atoms with Crippen molar-refractivity contribution in [1.29, 1.82) is 0 Å². The zero-order chi connectivity index (χ0) is 16.8. The lowest BCUT2D eigenvalue weighted by Crippen LogP contribution is -2.48. The summed E-state index contributed by atoms with van der Waals surface area (Å²) in [5.74, 6) is 0.198. The number of rotatable bonds is 4. The fourth-order valence-corrected chi connectivity index (χ4v) is 4.33. The van der Waals surface area contributed by atoms with Crippen molar-refractivity contribution >= 4 is 23.6 Å². The van der Waals surface area contributed by atoms with Gasteiger partial charge in [-0.1, -0.05) is 62.3 Å². The maximum atomic E-state index is 13.0. The Labute approximate surface area is 150 Å². The quantitative estimate of drug-likeness (QED) is 0.627. The van der Waals surface area contributed by atoms with Crippen LogP contribution >= 0.6 is 11.6 Å². The van der Waals surface area contributed by atoms with Crippen LogP contribution in [-0.4, -0.2) is 22.9 Å². The van der Waals surface area contributed by atoms with E-state index < -0.39 is 0 Å². The van der Waals surface area contributed by atoms with Gasteiger partial charge in [0.2, 0.25) is 5.91 Å². The maximum Gasteiger partial charge on any atom is 0.247 e. The molecule has 0 saturated heterocycles. The molecule has 2 nitrogen and oxygen atoms in total. The number of carbonyl (C=O) groups excluding carboxylic acids is 1. The number of halogens is 1. The van der Waals surface area contributed by atoms with E-state index in [1.165, 1.54) is 64.2 Å². The van der Waals surface area contributed by atoms with Crippen molar-refractivity contribution in [2.45, 2.75) is 76.3 Å². The lowest BCUT2D eigenvalue weighted by atomic mass is 9.88. The highest BCUT2D eigenvalue weighted by molar-refractivity contribution is 6.30. The van der Waals surface area contributed by atoms with Crippen LogP contribution in [0, 0.1) is 0 Å². The Morgan fingerprint density at radius 1 is 0.875 bits per heavy atom. The van der Waals surface area contributed by atoms with Crippen molar-refractivity contribution in [2.75, 3.05) is 0 Å². The molecule has 0 radical (unpaired) electrons. The van der Waals surface area contributed by atoms with Crippen LogP contribution in [0.2, 0.25) is 5.02 Å². The van der Waals surface area contributed by atoms with Gasteiger partial charge in [0.15, 0.2) is 0 Å². The first kappa shape index (κ1) is 17.5. The Hall–Kier alpha value is -1.28. The van der Waals surface area contributed by atoms with Crippen LogP contribution in [0.1, 0.15) is 69.8 Å². The van der Waals surface area contributed by atoms with Crippen LogP contribution < -0.4 is 0 Å². The molecule has 130 valence electrons. The molecule has 0 N–H and O–H groups in total. The molecule has 2 aliphatic carbocycles. The zero-order valence-corrected chi connectivity index (χ0v) is 15.2. The van der Waals surface area contributed by atoms with Crippen molar-refractivity contribution < 1.29 is 4.79 Å². The molecule has 1 amide bonds. The Kier molecular flexibility index (Phi) is 6.37. The average Bonchev–Trinajstić information content (AvgIpc) is 2.63. The smallest absolute Gasteiger partial charge is 0.247 e. The fourth-order valence-electron chi connectivity index (χ4n) is 4.20. The van der Waals surface area contributed by atoms with Gasteiger partial charge in [-0.15, -0.1) is 0 Å². The standard InChI is InChI=1S/C21H28ClNO/c22-18-14-11-17(12-15-18)13-16-21(24)23(19-7-3-1-4-8-19)20-9-5-2-6-10-20/h11-16,19-20H,1-10H2. The summed E-state index contributed by atoms with van der Waals surface area (Å²) in [7, 11) is 0. The zero-order valence-electron chi connectivity index (χ0n) is 14.4. The summed E-state index contributed by atoms with van der Waals surface area (Å²) in [5.41, 5.74) is 1.03. The van der Waals surface area contributed by atoms with Crippen LogP contribution in [0.4, 0.5) is 0 Å². The molecule has 1 aromatic rings. The number of benzene rings is 1. The molecule has 0 aromatic heterocycles. The van der Waals surface area contributed by atoms with E-state index in [1.54, 1.807) is 6.08 Å². The molecule has 0 bridgehead atoms. The van der Waals surface area contributed by atoms with E-state index in [9.17, 15) is 4.79 Å². The number of hydrogen-bond acceptors (Lipinski definition) is 1. The van der Waals surface area contributed by atoms with Gasteiger partial charge in [0, 0.05) is 23.2 Å². The van der Waals surface area contributed by atoms with Gasteiger partial charge >= 0.3 is 0 Å². The number of nitrogens with zero attached hydrogens (tertiary/aromatic N) is 1. The van der Waals surface area contributed by atoms with Crippen molar-refractivity contribution in [3.63, 3.8) is 0 Å². The van der Waals surface area contributed by atoms with Crippen LogP contribution in [0.5, 0.6) is 0 Å². The molecule has 3 heteroatoms. The van der Waals surface area contributed by atoms with Gasteiger partial charge in [0.1, 0.15) is 0 Å². The van der Waals surface area contributed by atoms with Crippen LogP contribution in [0.25, 0.3) is 6.08 Å². The van der Waals surface area contributed by atoms with Gasteiger partial charge in [-0.2, -0.15) is 0 Å². The minimum absolute atomic E-state index is 0.198. The first-order valence-electron chi connectivity index (χ1n) is 9.50. The topological polar surface area (TPSA) is 20.3 Å². The number of amides is 1. The van der Waals surface area contributed by atoms with Gasteiger partial charge in [0.05, 0.1) is 0 Å². The van der Waals surface area contributed by atoms with Crippen molar-refractivity contribution in [1.82, 2.24) is 4.90 Å². The summed E-state index contributed by atoms with van der Waals surface area (Å²) in [6.07, 6.45) is 16.1. The van der Waals surface area contributed by atoms with E-state index in [1.807, 2.05) is 30.3 Å². The van der Waals surface area contributed by atoms with E-state index in [2.05, 4.69) is 4.90 Å². The Bertz CT molecular complexity index is 536. The molecular weight excluding hydrogens is 318 g/mol. The van der Waals surface area contributed by atoms with Crippen LogP contribution in [-0.2, 0) is 4.79 Å². The molecule has 2 saturated carbocycles. The first-order valence-corrected chi connectivity index (χ1v) is 9.88. The van der Waals surface area contributed by atoms with Crippen LogP contribution in [0.3, 0.4) is 0 Å². The van der Waals surface area contributed by atoms with E-state index in [4.69, 9.17) is 11.6 Å². The third-order valence-electron chi connectivity index (χ3n) is 5.48. The second-order valence-corrected chi connectivity index (χ2v) is 7.65. The molecule has 0 atom stereocenters. The second-order valence-electron chi connectivity index (χ2n) is 7.21. The van der Waals surface area contributed by atoms with Crippen LogP contribution in [0.15, 0.2) is 30.3 Å². The lowest BCUT2D eigenvalue weighted by Gasteiger charge is -2.41. The minimum Gasteiger partial charge on any atom is -0.333 e. The molecule has 1 aromatic carbocycles. The number of hydrogen-bond donors (Lipinski definition) is 0. The summed E-state index contributed by atoms with van der Waals surface area (Å²) >= 11 is 5.93. The minimum atomic E-state index is 0.198. The van der Waals surface area contributed by atoms with E-state index in [0.29, 0.717) is 12.1 Å². The highest BCUT2D eigenvalue weighted by Gasteiger charge is 2.31. The molecule has 0 spiro atoms. The highest BCUT2D eigenvalue weighted by atomic mass is 35.5. The largest absolute Gasteiger partial charge is 0.333 e. The Morgan fingerprint density at radius 3 is 1.88 bits per heavy atom. The summed E-state index contributed by atoms with van der Waals surface area (Å²) in [5, 5.41) is 0.726. The van der Waals surface area contributed by atoms with E-state index in [-0.39, 0.29) is 5.91 Å². The lowest BCUT2D eigenvalue weighted by molar-refractivity contribution is -0.132. The molecule has 3 rings (SSSR count). The SMILES string of the molecule is O=C(C=Cc1ccc(Cl)cc1)N(C1CCCCC1)C1CCCCC1. The molecule has 0 unspecified atom stereocenters. The molecular formula is C21H28ClNO. The monoisotopic (exact) mass is 345 g/mol. The Balaban J connectivity index is 1.72. The second kappa shape index (κ2) is 8.71. The van der Waals surface area contributed by atoms with Gasteiger partial charge < -0.3 is 4.90 Å². The summed E-state index contributed by atoms with van der Waals surface area (Å²) in [6, 6.07) is 8.54. The van der Waals surface area contributed by atoms with Crippen molar-refractivity contribution in [2.24, 2.45) is 0 Å². The van der Waals surface area contributed by atoms with Gasteiger partial charge in [-0.05, 0) is 49.5 Å². The van der Waals surface area contributed by atoms with Gasteiger partial charge in [0.25, 0.3) is 0 Å². The Morgan fingerprint density at radius 2 is 1.38 bits per heavy atom. The van der Waals surface area contributed by atoms with Crippen molar-refractivity contribution in [3.05, 3.63) is 40.9 Å². The molecule has 0 heterocycles. The van der Waals surface area contributed by atoms with Crippen molar-refractivity contribution in [3.8, 4) is 0 Å². The van der Waals surface area contributed by atoms with Gasteiger partial charge in [-0.3, -0.25) is 4.79 Å². The third kappa shape index (κ3) is 4.63. The predicted molar refractivity (Wildman–Crippen MR) is 101 cm³/mol. The summed E-state index contributed by atoms with van der Waals surface area (Å²) < 4.78 is 0. The highest BCUT2D eigenvalue weighted by Crippen LogP contribution is 2.30. The number of carbonyl (C=O) groups is 1. The predicted octanol–water partition coefficient (Wildman–Crippen LogP) is 5.85. The average molecular weight is 346 g/mol.